The first-order valence-corrected chi connectivity index (χ1v) is 5.99. The minimum Gasteiger partial charge on any atom is -0.317 e. The Labute approximate surface area is 97.3 Å². The Balaban J connectivity index is 2.03. The molecule has 0 amide bonds. The summed E-state index contributed by atoms with van der Waals surface area (Å²) in [5, 5.41) is 6.64. The van der Waals surface area contributed by atoms with Crippen LogP contribution in [0.1, 0.15) is 25.3 Å². The summed E-state index contributed by atoms with van der Waals surface area (Å²) in [6.07, 6.45) is 2.28. The number of nitrogens with one attached hydrogen (secondary N) is 2. The van der Waals surface area contributed by atoms with Gasteiger partial charge in [0, 0.05) is 6.54 Å². The highest BCUT2D eigenvalue weighted by atomic mass is 19.1. The second-order valence-electron chi connectivity index (χ2n) is 3.91. The van der Waals surface area contributed by atoms with Crippen LogP contribution >= 0.6 is 0 Å². The van der Waals surface area contributed by atoms with Crippen molar-refractivity contribution in [1.82, 2.24) is 10.6 Å². The number of rotatable bonds is 8. The first-order chi connectivity index (χ1) is 7.83. The summed E-state index contributed by atoms with van der Waals surface area (Å²) in [4.78, 5) is 0. The number of halogens is 1. The molecule has 0 unspecified atom stereocenters. The third-order valence-corrected chi connectivity index (χ3v) is 2.35. The molecule has 0 heterocycles. The lowest BCUT2D eigenvalue weighted by atomic mass is 10.2. The number of hydrogen-bond acceptors (Lipinski definition) is 2. The largest absolute Gasteiger partial charge is 0.317 e. The molecule has 0 bridgehead atoms. The molecule has 2 N–H and O–H groups in total. The quantitative estimate of drug-likeness (QED) is 0.662. The first kappa shape index (κ1) is 13.1. The Kier molecular flexibility index (Phi) is 6.77. The fourth-order valence-electron chi connectivity index (χ4n) is 1.52. The van der Waals surface area contributed by atoms with Crippen molar-refractivity contribution in [3.05, 3.63) is 35.6 Å². The van der Waals surface area contributed by atoms with E-state index in [4.69, 9.17) is 0 Å². The molecule has 0 aromatic heterocycles. The van der Waals surface area contributed by atoms with Gasteiger partial charge >= 0.3 is 0 Å². The zero-order valence-electron chi connectivity index (χ0n) is 9.93. The van der Waals surface area contributed by atoms with E-state index in [1.807, 2.05) is 6.07 Å². The maximum absolute atomic E-state index is 12.8. The maximum atomic E-state index is 12.8. The molecule has 0 fully saturated rings. The van der Waals surface area contributed by atoms with Gasteiger partial charge < -0.3 is 10.6 Å². The zero-order chi connectivity index (χ0) is 11.6. The van der Waals surface area contributed by atoms with Crippen molar-refractivity contribution < 1.29 is 4.39 Å². The minimum atomic E-state index is -0.163. The van der Waals surface area contributed by atoms with Crippen molar-refractivity contribution in [2.24, 2.45) is 0 Å². The number of hydrogen-bond donors (Lipinski definition) is 2. The van der Waals surface area contributed by atoms with Crippen LogP contribution in [0, 0.1) is 5.82 Å². The molecule has 0 spiro atoms. The SMILES string of the molecule is CCCNCCCNCc1cccc(F)c1. The van der Waals surface area contributed by atoms with Crippen molar-refractivity contribution in [1.29, 1.82) is 0 Å². The molecule has 0 aliphatic heterocycles. The Morgan fingerprint density at radius 3 is 2.69 bits per heavy atom. The highest BCUT2D eigenvalue weighted by Gasteiger charge is 1.94. The highest BCUT2D eigenvalue weighted by Crippen LogP contribution is 2.02. The molecule has 16 heavy (non-hydrogen) atoms. The fourth-order valence-corrected chi connectivity index (χ4v) is 1.52. The van der Waals surface area contributed by atoms with Crippen LogP contribution in [0.3, 0.4) is 0 Å². The molecule has 3 heteroatoms. The van der Waals surface area contributed by atoms with Gasteiger partial charge in [-0.05, 0) is 50.2 Å². The van der Waals surface area contributed by atoms with Gasteiger partial charge in [0.1, 0.15) is 5.82 Å². The van der Waals surface area contributed by atoms with E-state index in [2.05, 4.69) is 17.6 Å². The third-order valence-electron chi connectivity index (χ3n) is 2.35. The molecule has 0 saturated heterocycles. The van der Waals surface area contributed by atoms with Crippen LogP contribution in [-0.2, 0) is 6.54 Å². The van der Waals surface area contributed by atoms with E-state index in [9.17, 15) is 4.39 Å². The normalized spacial score (nSPS) is 10.6. The average molecular weight is 224 g/mol. The molecule has 2 nitrogen and oxygen atoms in total. The molecule has 1 rings (SSSR count). The summed E-state index contributed by atoms with van der Waals surface area (Å²) in [6.45, 7) is 6.00. The van der Waals surface area contributed by atoms with Crippen molar-refractivity contribution in [2.45, 2.75) is 26.3 Å². The third kappa shape index (κ3) is 5.83. The van der Waals surface area contributed by atoms with E-state index in [-0.39, 0.29) is 5.82 Å². The summed E-state index contributed by atoms with van der Waals surface area (Å²) in [6, 6.07) is 6.72. The molecular weight excluding hydrogens is 203 g/mol. The Bertz CT molecular complexity index is 289. The smallest absolute Gasteiger partial charge is 0.123 e. The maximum Gasteiger partial charge on any atom is 0.123 e. The van der Waals surface area contributed by atoms with Crippen molar-refractivity contribution >= 4 is 0 Å². The van der Waals surface area contributed by atoms with E-state index in [1.165, 1.54) is 12.5 Å². The van der Waals surface area contributed by atoms with Crippen LogP contribution in [0.2, 0.25) is 0 Å². The summed E-state index contributed by atoms with van der Waals surface area (Å²) >= 11 is 0. The molecule has 1 aromatic carbocycles. The fraction of sp³-hybridized carbons (Fsp3) is 0.538. The molecule has 90 valence electrons. The van der Waals surface area contributed by atoms with E-state index < -0.39 is 0 Å². The van der Waals surface area contributed by atoms with Gasteiger partial charge in [0.2, 0.25) is 0 Å². The Hall–Kier alpha value is -0.930. The van der Waals surface area contributed by atoms with Crippen molar-refractivity contribution in [3.8, 4) is 0 Å². The zero-order valence-corrected chi connectivity index (χ0v) is 9.93. The summed E-state index contributed by atoms with van der Waals surface area (Å²) < 4.78 is 12.8. The van der Waals surface area contributed by atoms with Gasteiger partial charge in [-0.1, -0.05) is 19.1 Å². The molecule has 0 radical (unpaired) electrons. The van der Waals surface area contributed by atoms with Gasteiger partial charge in [0.25, 0.3) is 0 Å². The van der Waals surface area contributed by atoms with Crippen LogP contribution in [-0.4, -0.2) is 19.6 Å². The minimum absolute atomic E-state index is 0.163. The standard InChI is InChI=1S/C13H21FN2/c1-2-7-15-8-4-9-16-11-12-5-3-6-13(14)10-12/h3,5-6,10,15-16H,2,4,7-9,11H2,1H3. The van der Waals surface area contributed by atoms with E-state index in [1.54, 1.807) is 12.1 Å². The molecule has 0 saturated carbocycles. The van der Waals surface area contributed by atoms with E-state index in [0.717, 1.165) is 38.2 Å². The van der Waals surface area contributed by atoms with Gasteiger partial charge in [-0.3, -0.25) is 0 Å². The predicted molar refractivity (Wildman–Crippen MR) is 65.9 cm³/mol. The topological polar surface area (TPSA) is 24.1 Å². The van der Waals surface area contributed by atoms with E-state index >= 15 is 0 Å². The second kappa shape index (κ2) is 8.25. The Morgan fingerprint density at radius 1 is 1.12 bits per heavy atom. The first-order valence-electron chi connectivity index (χ1n) is 5.99. The van der Waals surface area contributed by atoms with Crippen LogP contribution in [0.5, 0.6) is 0 Å². The van der Waals surface area contributed by atoms with Gasteiger partial charge in [0.05, 0.1) is 0 Å². The lowest BCUT2D eigenvalue weighted by Gasteiger charge is -2.05. The average Bonchev–Trinajstić information content (AvgIpc) is 2.28. The molecule has 0 atom stereocenters. The lowest BCUT2D eigenvalue weighted by molar-refractivity contribution is 0.588. The summed E-state index contributed by atoms with van der Waals surface area (Å²) in [5.41, 5.74) is 1.00. The highest BCUT2D eigenvalue weighted by molar-refractivity contribution is 5.15. The molecule has 0 aliphatic rings. The van der Waals surface area contributed by atoms with Gasteiger partial charge in [-0.2, -0.15) is 0 Å². The van der Waals surface area contributed by atoms with Gasteiger partial charge in [-0.25, -0.2) is 4.39 Å². The molecule has 0 aliphatic carbocycles. The van der Waals surface area contributed by atoms with Crippen LogP contribution in [0.4, 0.5) is 4.39 Å². The molecule has 1 aromatic rings. The lowest BCUT2D eigenvalue weighted by Crippen LogP contribution is -2.22. The summed E-state index contributed by atoms with van der Waals surface area (Å²) in [5.74, 6) is -0.163. The Morgan fingerprint density at radius 2 is 1.94 bits per heavy atom. The van der Waals surface area contributed by atoms with Crippen LogP contribution in [0.15, 0.2) is 24.3 Å². The monoisotopic (exact) mass is 224 g/mol. The molecular formula is C13H21FN2. The second-order valence-corrected chi connectivity index (χ2v) is 3.91. The summed E-state index contributed by atoms with van der Waals surface area (Å²) in [7, 11) is 0. The van der Waals surface area contributed by atoms with Crippen LogP contribution < -0.4 is 10.6 Å². The van der Waals surface area contributed by atoms with Crippen LogP contribution in [0.25, 0.3) is 0 Å². The van der Waals surface area contributed by atoms with Crippen molar-refractivity contribution in [3.63, 3.8) is 0 Å². The van der Waals surface area contributed by atoms with Crippen molar-refractivity contribution in [2.75, 3.05) is 19.6 Å². The van der Waals surface area contributed by atoms with Gasteiger partial charge in [0.15, 0.2) is 0 Å². The number of benzene rings is 1. The predicted octanol–water partition coefficient (Wildman–Crippen LogP) is 2.30. The van der Waals surface area contributed by atoms with Gasteiger partial charge in [-0.15, -0.1) is 0 Å². The van der Waals surface area contributed by atoms with E-state index in [0.29, 0.717) is 0 Å².